The molecule has 0 amide bonds. The van der Waals surface area contributed by atoms with Gasteiger partial charge in [0.05, 0.1) is 0 Å². The Morgan fingerprint density at radius 1 is 1.22 bits per heavy atom. The molecule has 0 unspecified atom stereocenters. The molecule has 0 N–H and O–H groups in total. The van der Waals surface area contributed by atoms with Gasteiger partial charge in [-0.15, -0.1) is 0 Å². The molecule has 0 aliphatic carbocycles. The molecular formula is C16H23NO. The van der Waals surface area contributed by atoms with Crippen molar-refractivity contribution in [3.05, 3.63) is 29.8 Å². The molecule has 0 fully saturated rings. The van der Waals surface area contributed by atoms with Gasteiger partial charge in [0, 0.05) is 25.2 Å². The van der Waals surface area contributed by atoms with Crippen LogP contribution in [-0.2, 0) is 11.2 Å². The summed E-state index contributed by atoms with van der Waals surface area (Å²) in [4.78, 5) is 13.4. The Bertz CT molecular complexity index is 400. The van der Waals surface area contributed by atoms with Crippen LogP contribution in [0.5, 0.6) is 0 Å². The van der Waals surface area contributed by atoms with E-state index in [1.807, 2.05) is 0 Å². The van der Waals surface area contributed by atoms with E-state index >= 15 is 0 Å². The van der Waals surface area contributed by atoms with Gasteiger partial charge in [-0.2, -0.15) is 0 Å². The first-order valence-corrected chi connectivity index (χ1v) is 7.09. The third-order valence-corrected chi connectivity index (χ3v) is 3.66. The lowest BCUT2D eigenvalue weighted by Gasteiger charge is -2.24. The Labute approximate surface area is 110 Å². The summed E-state index contributed by atoms with van der Waals surface area (Å²) in [6, 6.07) is 8.76. The van der Waals surface area contributed by atoms with Crippen LogP contribution in [0.4, 0.5) is 5.69 Å². The maximum absolute atomic E-state index is 10.9. The number of benzene rings is 1. The largest absolute Gasteiger partial charge is 0.371 e. The third kappa shape index (κ3) is 3.59. The Hall–Kier alpha value is -1.31. The van der Waals surface area contributed by atoms with E-state index < -0.39 is 0 Å². The van der Waals surface area contributed by atoms with Crippen molar-refractivity contribution in [2.24, 2.45) is 0 Å². The lowest BCUT2D eigenvalue weighted by Crippen LogP contribution is -2.25. The number of carbonyl (C=O) groups is 1. The smallest absolute Gasteiger partial charge is 0.129 e. The fourth-order valence-electron chi connectivity index (χ4n) is 2.68. The van der Waals surface area contributed by atoms with Crippen LogP contribution in [0, 0.1) is 0 Å². The molecule has 0 saturated carbocycles. The van der Waals surface area contributed by atoms with E-state index in [0.717, 1.165) is 32.4 Å². The average Bonchev–Trinajstić information content (AvgIpc) is 2.57. The second kappa shape index (κ2) is 6.58. The van der Waals surface area contributed by atoms with Crippen molar-refractivity contribution in [3.8, 4) is 0 Å². The first-order chi connectivity index (χ1) is 8.77. The predicted molar refractivity (Wildman–Crippen MR) is 76.1 cm³/mol. The number of fused-ring (bicyclic) bond motifs is 1. The lowest BCUT2D eigenvalue weighted by molar-refractivity contribution is -0.117. The van der Waals surface area contributed by atoms with Crippen molar-refractivity contribution < 1.29 is 4.79 Å². The number of hydrogen-bond acceptors (Lipinski definition) is 2. The summed E-state index contributed by atoms with van der Waals surface area (Å²) in [6.45, 7) is 3.93. The number of ketones is 1. The van der Waals surface area contributed by atoms with Crippen LogP contribution in [-0.4, -0.2) is 18.9 Å². The van der Waals surface area contributed by atoms with Gasteiger partial charge in [0.1, 0.15) is 5.78 Å². The Kier molecular flexibility index (Phi) is 4.80. The zero-order chi connectivity index (χ0) is 12.8. The van der Waals surface area contributed by atoms with E-state index in [4.69, 9.17) is 0 Å². The van der Waals surface area contributed by atoms with Crippen LogP contribution in [0.2, 0.25) is 0 Å². The summed E-state index contributed by atoms with van der Waals surface area (Å²) in [5.74, 6) is 0.311. The minimum absolute atomic E-state index is 0.311. The quantitative estimate of drug-likeness (QED) is 0.739. The number of para-hydroxylation sites is 1. The number of aryl methyl sites for hydroxylation is 1. The SMILES string of the molecule is CC(=O)CCCCN1CCCCc2ccccc21. The van der Waals surface area contributed by atoms with Gasteiger partial charge in [0.25, 0.3) is 0 Å². The average molecular weight is 245 g/mol. The summed E-state index contributed by atoms with van der Waals surface area (Å²) in [5, 5.41) is 0. The topological polar surface area (TPSA) is 20.3 Å². The summed E-state index contributed by atoms with van der Waals surface area (Å²) < 4.78 is 0. The van der Waals surface area contributed by atoms with Crippen molar-refractivity contribution in [1.82, 2.24) is 0 Å². The van der Waals surface area contributed by atoms with E-state index in [1.54, 1.807) is 6.92 Å². The number of rotatable bonds is 5. The highest BCUT2D eigenvalue weighted by Gasteiger charge is 2.13. The van der Waals surface area contributed by atoms with Crippen LogP contribution >= 0.6 is 0 Å². The van der Waals surface area contributed by atoms with Crippen molar-refractivity contribution in [2.45, 2.75) is 45.4 Å². The van der Waals surface area contributed by atoms with Crippen LogP contribution in [0.3, 0.4) is 0 Å². The Morgan fingerprint density at radius 3 is 2.89 bits per heavy atom. The zero-order valence-corrected chi connectivity index (χ0v) is 11.3. The second-order valence-electron chi connectivity index (χ2n) is 5.23. The summed E-state index contributed by atoms with van der Waals surface area (Å²) in [6.07, 6.45) is 6.65. The van der Waals surface area contributed by atoms with Gasteiger partial charge in [-0.05, 0) is 50.7 Å². The van der Waals surface area contributed by atoms with Crippen molar-refractivity contribution >= 4 is 11.5 Å². The fraction of sp³-hybridized carbons (Fsp3) is 0.562. The van der Waals surface area contributed by atoms with E-state index in [0.29, 0.717) is 5.78 Å². The van der Waals surface area contributed by atoms with Gasteiger partial charge >= 0.3 is 0 Å². The molecule has 0 radical (unpaired) electrons. The lowest BCUT2D eigenvalue weighted by atomic mass is 10.1. The fourth-order valence-corrected chi connectivity index (χ4v) is 2.68. The van der Waals surface area contributed by atoms with E-state index in [9.17, 15) is 4.79 Å². The maximum Gasteiger partial charge on any atom is 0.129 e. The molecule has 1 aliphatic rings. The summed E-state index contributed by atoms with van der Waals surface area (Å²) in [5.41, 5.74) is 2.90. The van der Waals surface area contributed by atoms with Crippen LogP contribution < -0.4 is 4.90 Å². The first kappa shape index (κ1) is 13.1. The van der Waals surface area contributed by atoms with E-state index in [-0.39, 0.29) is 0 Å². The molecule has 0 aromatic heterocycles. The van der Waals surface area contributed by atoms with Crippen molar-refractivity contribution in [3.63, 3.8) is 0 Å². The highest BCUT2D eigenvalue weighted by atomic mass is 16.1. The van der Waals surface area contributed by atoms with Gasteiger partial charge in [0.2, 0.25) is 0 Å². The summed E-state index contributed by atoms with van der Waals surface area (Å²) in [7, 11) is 0. The molecule has 0 saturated heterocycles. The molecule has 1 aromatic carbocycles. The van der Waals surface area contributed by atoms with Crippen LogP contribution in [0.25, 0.3) is 0 Å². The van der Waals surface area contributed by atoms with Gasteiger partial charge < -0.3 is 9.69 Å². The molecule has 18 heavy (non-hydrogen) atoms. The maximum atomic E-state index is 10.9. The van der Waals surface area contributed by atoms with Crippen LogP contribution in [0.15, 0.2) is 24.3 Å². The standard InChI is InChI=1S/C16H23NO/c1-14(18)8-4-6-12-17-13-7-5-10-15-9-2-3-11-16(15)17/h2-3,9,11H,4-8,10,12-13H2,1H3. The molecule has 0 bridgehead atoms. The molecular weight excluding hydrogens is 222 g/mol. The number of hydrogen-bond donors (Lipinski definition) is 0. The number of carbonyl (C=O) groups excluding carboxylic acids is 1. The van der Waals surface area contributed by atoms with Crippen LogP contribution in [0.1, 0.15) is 44.6 Å². The molecule has 2 heteroatoms. The molecule has 2 rings (SSSR count). The summed E-state index contributed by atoms with van der Waals surface area (Å²) >= 11 is 0. The predicted octanol–water partition coefficient (Wildman–Crippen LogP) is 3.59. The van der Waals surface area contributed by atoms with E-state index in [2.05, 4.69) is 29.2 Å². The zero-order valence-electron chi connectivity index (χ0n) is 11.3. The number of anilines is 1. The molecule has 2 nitrogen and oxygen atoms in total. The molecule has 0 atom stereocenters. The highest BCUT2D eigenvalue weighted by molar-refractivity contribution is 5.75. The monoisotopic (exact) mass is 245 g/mol. The number of Topliss-reactive ketones (excluding diaryl/α,β-unsaturated/α-hetero) is 1. The molecule has 1 aliphatic heterocycles. The van der Waals surface area contributed by atoms with Gasteiger partial charge in [-0.3, -0.25) is 0 Å². The normalized spacial score (nSPS) is 15.1. The van der Waals surface area contributed by atoms with Crippen molar-refractivity contribution in [2.75, 3.05) is 18.0 Å². The van der Waals surface area contributed by atoms with E-state index in [1.165, 1.54) is 30.5 Å². The second-order valence-corrected chi connectivity index (χ2v) is 5.23. The van der Waals surface area contributed by atoms with Gasteiger partial charge in [-0.25, -0.2) is 0 Å². The Balaban J connectivity index is 1.93. The molecule has 1 aromatic rings. The third-order valence-electron chi connectivity index (χ3n) is 3.66. The molecule has 98 valence electrons. The molecule has 1 heterocycles. The number of unbranched alkanes of at least 4 members (excludes halogenated alkanes) is 1. The first-order valence-electron chi connectivity index (χ1n) is 7.09. The minimum Gasteiger partial charge on any atom is -0.371 e. The minimum atomic E-state index is 0.311. The van der Waals surface area contributed by atoms with Gasteiger partial charge in [-0.1, -0.05) is 18.2 Å². The highest BCUT2D eigenvalue weighted by Crippen LogP contribution is 2.26. The van der Waals surface area contributed by atoms with Crippen molar-refractivity contribution in [1.29, 1.82) is 0 Å². The molecule has 0 spiro atoms. The number of nitrogens with zero attached hydrogens (tertiary/aromatic N) is 1. The Morgan fingerprint density at radius 2 is 2.06 bits per heavy atom. The van der Waals surface area contributed by atoms with Gasteiger partial charge in [0.15, 0.2) is 0 Å².